The van der Waals surface area contributed by atoms with Crippen LogP contribution >= 0.6 is 0 Å². The molecule has 0 saturated heterocycles. The SMILES string of the molecule is CC(C)C[C@H](N)C(=O)NC1CCCC(C(N)=O)C1. The van der Waals surface area contributed by atoms with E-state index >= 15 is 0 Å². The summed E-state index contributed by atoms with van der Waals surface area (Å²) in [5.41, 5.74) is 11.1. The third-order valence-corrected chi connectivity index (χ3v) is 3.49. The number of carbonyl (C=O) groups is 2. The second-order valence-electron chi connectivity index (χ2n) is 5.71. The van der Waals surface area contributed by atoms with Gasteiger partial charge in [0.15, 0.2) is 0 Å². The number of hydrogen-bond acceptors (Lipinski definition) is 3. The molecule has 0 aromatic rings. The Hall–Kier alpha value is -1.10. The summed E-state index contributed by atoms with van der Waals surface area (Å²) in [4.78, 5) is 23.0. The zero-order valence-corrected chi connectivity index (χ0v) is 11.3. The van der Waals surface area contributed by atoms with Gasteiger partial charge >= 0.3 is 0 Å². The first-order valence-corrected chi connectivity index (χ1v) is 6.75. The van der Waals surface area contributed by atoms with Crippen molar-refractivity contribution in [3.05, 3.63) is 0 Å². The molecule has 0 heterocycles. The van der Waals surface area contributed by atoms with Crippen molar-refractivity contribution in [3.63, 3.8) is 0 Å². The zero-order chi connectivity index (χ0) is 13.7. The lowest BCUT2D eigenvalue weighted by Gasteiger charge is -2.29. The van der Waals surface area contributed by atoms with Crippen LogP contribution in [0.15, 0.2) is 0 Å². The molecule has 2 amide bonds. The maximum absolute atomic E-state index is 11.9. The summed E-state index contributed by atoms with van der Waals surface area (Å²) < 4.78 is 0. The Morgan fingerprint density at radius 1 is 1.33 bits per heavy atom. The van der Waals surface area contributed by atoms with Gasteiger partial charge in [0.1, 0.15) is 0 Å². The number of nitrogens with two attached hydrogens (primary N) is 2. The van der Waals surface area contributed by atoms with Crippen molar-refractivity contribution in [2.24, 2.45) is 23.3 Å². The molecule has 104 valence electrons. The smallest absolute Gasteiger partial charge is 0.237 e. The monoisotopic (exact) mass is 255 g/mol. The van der Waals surface area contributed by atoms with Crippen molar-refractivity contribution in [3.8, 4) is 0 Å². The van der Waals surface area contributed by atoms with Gasteiger partial charge in [-0.05, 0) is 31.6 Å². The Kier molecular flexibility index (Phi) is 5.59. The fraction of sp³-hybridized carbons (Fsp3) is 0.846. The summed E-state index contributed by atoms with van der Waals surface area (Å²) in [6.07, 6.45) is 3.99. The molecule has 1 aliphatic rings. The van der Waals surface area contributed by atoms with Gasteiger partial charge in [-0.2, -0.15) is 0 Å². The van der Waals surface area contributed by atoms with Gasteiger partial charge in [-0.1, -0.05) is 20.3 Å². The fourth-order valence-corrected chi connectivity index (χ4v) is 2.50. The van der Waals surface area contributed by atoms with Gasteiger partial charge in [0.2, 0.25) is 11.8 Å². The standard InChI is InChI=1S/C13H25N3O2/c1-8(2)6-11(14)13(18)16-10-5-3-4-9(7-10)12(15)17/h8-11H,3-7,14H2,1-2H3,(H2,15,17)(H,16,18)/t9?,10?,11-/m0/s1. The molecule has 18 heavy (non-hydrogen) atoms. The molecular weight excluding hydrogens is 230 g/mol. The van der Waals surface area contributed by atoms with Crippen LogP contribution in [0.2, 0.25) is 0 Å². The van der Waals surface area contributed by atoms with Crippen molar-refractivity contribution in [1.82, 2.24) is 5.32 Å². The van der Waals surface area contributed by atoms with Gasteiger partial charge in [0.05, 0.1) is 6.04 Å². The molecule has 3 atom stereocenters. The topological polar surface area (TPSA) is 98.2 Å². The largest absolute Gasteiger partial charge is 0.369 e. The molecule has 1 rings (SSSR count). The summed E-state index contributed by atoms with van der Waals surface area (Å²) in [7, 11) is 0. The van der Waals surface area contributed by atoms with Crippen LogP contribution in [0.1, 0.15) is 46.0 Å². The van der Waals surface area contributed by atoms with Crippen molar-refractivity contribution in [1.29, 1.82) is 0 Å². The minimum absolute atomic E-state index is 0.0435. The quantitative estimate of drug-likeness (QED) is 0.668. The molecule has 0 aromatic heterocycles. The summed E-state index contributed by atoms with van der Waals surface area (Å²) in [6.45, 7) is 4.08. The maximum atomic E-state index is 11.9. The zero-order valence-electron chi connectivity index (χ0n) is 11.3. The number of rotatable bonds is 5. The molecule has 0 bridgehead atoms. The fourth-order valence-electron chi connectivity index (χ4n) is 2.50. The molecule has 2 unspecified atom stereocenters. The minimum atomic E-state index is -0.459. The molecule has 0 aliphatic heterocycles. The summed E-state index contributed by atoms with van der Waals surface area (Å²) in [5.74, 6) is -0.0832. The van der Waals surface area contributed by atoms with Crippen LogP contribution in [0.25, 0.3) is 0 Å². The van der Waals surface area contributed by atoms with Gasteiger partial charge in [-0.3, -0.25) is 9.59 Å². The van der Waals surface area contributed by atoms with E-state index in [1.807, 2.05) is 13.8 Å². The highest BCUT2D eigenvalue weighted by molar-refractivity contribution is 5.82. The molecule has 1 saturated carbocycles. The predicted molar refractivity (Wildman–Crippen MR) is 70.5 cm³/mol. The highest BCUT2D eigenvalue weighted by Crippen LogP contribution is 2.24. The Labute approximate surface area is 109 Å². The lowest BCUT2D eigenvalue weighted by Crippen LogP contribution is -2.48. The van der Waals surface area contributed by atoms with Gasteiger partial charge in [0.25, 0.3) is 0 Å². The van der Waals surface area contributed by atoms with E-state index in [0.717, 1.165) is 19.3 Å². The molecule has 1 aliphatic carbocycles. The van der Waals surface area contributed by atoms with Crippen LogP contribution in [0.4, 0.5) is 0 Å². The second kappa shape index (κ2) is 6.73. The van der Waals surface area contributed by atoms with E-state index in [1.54, 1.807) is 0 Å². The van der Waals surface area contributed by atoms with Crippen molar-refractivity contribution in [2.45, 2.75) is 58.0 Å². The molecule has 5 N–H and O–H groups in total. The minimum Gasteiger partial charge on any atom is -0.369 e. The van der Waals surface area contributed by atoms with Gasteiger partial charge < -0.3 is 16.8 Å². The lowest BCUT2D eigenvalue weighted by molar-refractivity contribution is -0.126. The maximum Gasteiger partial charge on any atom is 0.237 e. The summed E-state index contributed by atoms with van der Waals surface area (Å²) >= 11 is 0. The Bertz CT molecular complexity index is 305. The van der Waals surface area contributed by atoms with E-state index in [2.05, 4.69) is 5.32 Å². The number of amides is 2. The van der Waals surface area contributed by atoms with E-state index in [1.165, 1.54) is 0 Å². The molecule has 5 nitrogen and oxygen atoms in total. The molecule has 5 heteroatoms. The van der Waals surface area contributed by atoms with Crippen molar-refractivity contribution >= 4 is 11.8 Å². The van der Waals surface area contributed by atoms with Gasteiger partial charge in [-0.25, -0.2) is 0 Å². The normalized spacial score (nSPS) is 25.8. The molecule has 0 aromatic carbocycles. The third-order valence-electron chi connectivity index (χ3n) is 3.49. The van der Waals surface area contributed by atoms with E-state index < -0.39 is 6.04 Å². The van der Waals surface area contributed by atoms with Crippen LogP contribution < -0.4 is 16.8 Å². The summed E-state index contributed by atoms with van der Waals surface area (Å²) in [6, 6.07) is -0.416. The Morgan fingerprint density at radius 3 is 2.56 bits per heavy atom. The van der Waals surface area contributed by atoms with Gasteiger partial charge in [-0.15, -0.1) is 0 Å². The molecular formula is C13H25N3O2. The van der Waals surface area contributed by atoms with E-state index in [9.17, 15) is 9.59 Å². The average Bonchev–Trinajstić information content (AvgIpc) is 2.28. The second-order valence-corrected chi connectivity index (χ2v) is 5.71. The van der Waals surface area contributed by atoms with Crippen molar-refractivity contribution in [2.75, 3.05) is 0 Å². The van der Waals surface area contributed by atoms with Crippen LogP contribution in [-0.4, -0.2) is 23.9 Å². The first-order chi connectivity index (χ1) is 8.40. The van der Waals surface area contributed by atoms with E-state index in [-0.39, 0.29) is 23.8 Å². The first-order valence-electron chi connectivity index (χ1n) is 6.75. The average molecular weight is 255 g/mol. The van der Waals surface area contributed by atoms with Crippen molar-refractivity contribution < 1.29 is 9.59 Å². The van der Waals surface area contributed by atoms with E-state index in [0.29, 0.717) is 18.8 Å². The van der Waals surface area contributed by atoms with Crippen LogP contribution in [0.5, 0.6) is 0 Å². The predicted octanol–water partition coefficient (Wildman–Crippen LogP) is 0.520. The number of hydrogen-bond donors (Lipinski definition) is 3. The van der Waals surface area contributed by atoms with Crippen LogP contribution in [-0.2, 0) is 9.59 Å². The number of nitrogens with one attached hydrogen (secondary N) is 1. The number of primary amides is 1. The van der Waals surface area contributed by atoms with Crippen LogP contribution in [0.3, 0.4) is 0 Å². The van der Waals surface area contributed by atoms with E-state index in [4.69, 9.17) is 11.5 Å². The van der Waals surface area contributed by atoms with Gasteiger partial charge in [0, 0.05) is 12.0 Å². The first kappa shape index (κ1) is 15.0. The molecule has 0 radical (unpaired) electrons. The van der Waals surface area contributed by atoms with Crippen LogP contribution in [0, 0.1) is 11.8 Å². The Balaban J connectivity index is 2.41. The highest BCUT2D eigenvalue weighted by atomic mass is 16.2. The number of carbonyl (C=O) groups excluding carboxylic acids is 2. The lowest BCUT2D eigenvalue weighted by atomic mass is 9.85. The Morgan fingerprint density at radius 2 is 2.00 bits per heavy atom. The summed E-state index contributed by atoms with van der Waals surface area (Å²) in [5, 5.41) is 2.94. The third kappa shape index (κ3) is 4.64. The molecule has 1 fully saturated rings. The highest BCUT2D eigenvalue weighted by Gasteiger charge is 2.27. The molecule has 0 spiro atoms.